The number of nitrogens with one attached hydrogen (secondary N) is 1. The standard InChI is InChI=1S/C22H25ClN4O/c23-18-7-5-6-17(14-18)21(26-11-3-4-12-26)15-24-22(28)10-13-27-16-25-19-8-1-2-9-20(19)27/h1-2,5-9,14,16,21H,3-4,10-13,15H2,(H,24,28). The summed E-state index contributed by atoms with van der Waals surface area (Å²) in [5.74, 6) is 0.0593. The number of hydrogen-bond acceptors (Lipinski definition) is 3. The Bertz CT molecular complexity index is 948. The lowest BCUT2D eigenvalue weighted by Gasteiger charge is -2.28. The second-order valence-electron chi connectivity index (χ2n) is 7.29. The molecule has 1 aliphatic heterocycles. The van der Waals surface area contributed by atoms with Crippen LogP contribution in [0.1, 0.15) is 30.9 Å². The lowest BCUT2D eigenvalue weighted by Crippen LogP contribution is -2.37. The van der Waals surface area contributed by atoms with Crippen LogP contribution >= 0.6 is 11.6 Å². The first-order valence-electron chi connectivity index (χ1n) is 9.87. The van der Waals surface area contributed by atoms with Gasteiger partial charge in [-0.25, -0.2) is 4.98 Å². The van der Waals surface area contributed by atoms with Crippen molar-refractivity contribution >= 4 is 28.5 Å². The first-order valence-corrected chi connectivity index (χ1v) is 10.2. The van der Waals surface area contributed by atoms with Crippen LogP contribution in [0.3, 0.4) is 0 Å². The predicted octanol–water partition coefficient (Wildman–Crippen LogP) is 4.03. The SMILES string of the molecule is O=C(CCn1cnc2ccccc21)NCC(c1cccc(Cl)c1)N1CCCC1. The highest BCUT2D eigenvalue weighted by atomic mass is 35.5. The van der Waals surface area contributed by atoms with Gasteiger partial charge < -0.3 is 9.88 Å². The lowest BCUT2D eigenvalue weighted by molar-refractivity contribution is -0.121. The molecule has 1 atom stereocenters. The molecule has 28 heavy (non-hydrogen) atoms. The maximum absolute atomic E-state index is 12.5. The molecule has 0 saturated carbocycles. The van der Waals surface area contributed by atoms with E-state index >= 15 is 0 Å². The molecule has 1 aromatic heterocycles. The predicted molar refractivity (Wildman–Crippen MR) is 112 cm³/mol. The molecule has 0 spiro atoms. The topological polar surface area (TPSA) is 50.2 Å². The number of amides is 1. The van der Waals surface area contributed by atoms with Crippen LogP contribution in [0.25, 0.3) is 11.0 Å². The fourth-order valence-electron chi connectivity index (χ4n) is 3.93. The number of fused-ring (bicyclic) bond motifs is 1. The Morgan fingerprint density at radius 1 is 1.14 bits per heavy atom. The highest BCUT2D eigenvalue weighted by Crippen LogP contribution is 2.26. The second kappa shape index (κ2) is 8.76. The number of aryl methyl sites for hydroxylation is 1. The van der Waals surface area contributed by atoms with Crippen molar-refractivity contribution in [1.82, 2.24) is 19.8 Å². The molecule has 1 amide bonds. The van der Waals surface area contributed by atoms with Gasteiger partial charge in [-0.15, -0.1) is 0 Å². The zero-order chi connectivity index (χ0) is 19.3. The molecule has 0 radical (unpaired) electrons. The van der Waals surface area contributed by atoms with Crippen molar-refractivity contribution < 1.29 is 4.79 Å². The monoisotopic (exact) mass is 396 g/mol. The normalized spacial score (nSPS) is 15.8. The molecule has 2 aromatic carbocycles. The van der Waals surface area contributed by atoms with Crippen molar-refractivity contribution in [3.8, 4) is 0 Å². The van der Waals surface area contributed by atoms with Gasteiger partial charge in [0.05, 0.1) is 23.4 Å². The van der Waals surface area contributed by atoms with Gasteiger partial charge in [0.25, 0.3) is 0 Å². The summed E-state index contributed by atoms with van der Waals surface area (Å²) in [5, 5.41) is 3.87. The number of halogens is 1. The Kier molecular flexibility index (Phi) is 5.93. The Hall–Kier alpha value is -2.37. The zero-order valence-corrected chi connectivity index (χ0v) is 16.6. The van der Waals surface area contributed by atoms with Crippen LogP contribution in [-0.4, -0.2) is 40.0 Å². The number of benzene rings is 2. The van der Waals surface area contributed by atoms with Gasteiger partial charge >= 0.3 is 0 Å². The van der Waals surface area contributed by atoms with Gasteiger partial charge in [0.2, 0.25) is 5.91 Å². The smallest absolute Gasteiger partial charge is 0.221 e. The summed E-state index contributed by atoms with van der Waals surface area (Å²) in [7, 11) is 0. The third-order valence-electron chi connectivity index (χ3n) is 5.41. The van der Waals surface area contributed by atoms with Crippen molar-refractivity contribution in [1.29, 1.82) is 0 Å². The largest absolute Gasteiger partial charge is 0.354 e. The molecule has 1 aliphatic rings. The van der Waals surface area contributed by atoms with E-state index in [4.69, 9.17) is 11.6 Å². The van der Waals surface area contributed by atoms with E-state index in [0.29, 0.717) is 19.5 Å². The summed E-state index contributed by atoms with van der Waals surface area (Å²) >= 11 is 6.20. The maximum atomic E-state index is 12.5. The number of imidazole rings is 1. The third kappa shape index (κ3) is 4.37. The summed E-state index contributed by atoms with van der Waals surface area (Å²) in [6.07, 6.45) is 4.65. The van der Waals surface area contributed by atoms with Crippen LogP contribution in [0.2, 0.25) is 5.02 Å². The molecule has 0 bridgehead atoms. The first-order chi connectivity index (χ1) is 13.7. The summed E-state index contributed by atoms with van der Waals surface area (Å²) in [6, 6.07) is 16.1. The molecule has 0 aliphatic carbocycles. The van der Waals surface area contributed by atoms with Crippen LogP contribution in [0.5, 0.6) is 0 Å². The van der Waals surface area contributed by atoms with Crippen molar-refractivity contribution in [2.45, 2.75) is 31.8 Å². The highest BCUT2D eigenvalue weighted by Gasteiger charge is 2.24. The summed E-state index contributed by atoms with van der Waals surface area (Å²) in [4.78, 5) is 19.3. The number of para-hydroxylation sites is 2. The number of hydrogen-bond donors (Lipinski definition) is 1. The van der Waals surface area contributed by atoms with E-state index in [2.05, 4.69) is 21.3 Å². The molecule has 1 unspecified atom stereocenters. The molecule has 1 saturated heterocycles. The molecule has 146 valence electrons. The van der Waals surface area contributed by atoms with Gasteiger partial charge in [-0.2, -0.15) is 0 Å². The number of carbonyl (C=O) groups excluding carboxylic acids is 1. The molecule has 1 N–H and O–H groups in total. The Morgan fingerprint density at radius 2 is 1.96 bits per heavy atom. The van der Waals surface area contributed by atoms with Gasteiger partial charge in [-0.1, -0.05) is 35.9 Å². The van der Waals surface area contributed by atoms with Gasteiger partial charge in [0.1, 0.15) is 0 Å². The second-order valence-corrected chi connectivity index (χ2v) is 7.73. The summed E-state index contributed by atoms with van der Waals surface area (Å²) in [5.41, 5.74) is 3.18. The number of nitrogens with zero attached hydrogens (tertiary/aromatic N) is 3. The van der Waals surface area contributed by atoms with E-state index in [1.54, 1.807) is 6.33 Å². The summed E-state index contributed by atoms with van der Waals surface area (Å²) < 4.78 is 2.03. The van der Waals surface area contributed by atoms with E-state index in [9.17, 15) is 4.79 Å². The van der Waals surface area contributed by atoms with Gasteiger partial charge in [0, 0.05) is 24.5 Å². The number of likely N-dealkylation sites (tertiary alicyclic amines) is 1. The molecule has 3 aromatic rings. The number of aromatic nitrogens is 2. The van der Waals surface area contributed by atoms with Crippen LogP contribution in [0.15, 0.2) is 54.9 Å². The quantitative estimate of drug-likeness (QED) is 0.655. The molecule has 1 fully saturated rings. The first kappa shape index (κ1) is 19.0. The number of rotatable bonds is 7. The van der Waals surface area contributed by atoms with Crippen molar-refractivity contribution in [2.24, 2.45) is 0 Å². The Labute approximate surface area is 170 Å². The van der Waals surface area contributed by atoms with Crippen LogP contribution in [-0.2, 0) is 11.3 Å². The highest BCUT2D eigenvalue weighted by molar-refractivity contribution is 6.30. The van der Waals surface area contributed by atoms with E-state index in [0.717, 1.165) is 34.7 Å². The molecule has 4 rings (SSSR count). The van der Waals surface area contributed by atoms with E-state index in [1.807, 2.05) is 47.0 Å². The molecule has 2 heterocycles. The lowest BCUT2D eigenvalue weighted by atomic mass is 10.1. The van der Waals surface area contributed by atoms with Crippen LogP contribution in [0.4, 0.5) is 0 Å². The molecular weight excluding hydrogens is 372 g/mol. The molecular formula is C22H25ClN4O. The number of carbonyl (C=O) groups is 1. The fraction of sp³-hybridized carbons (Fsp3) is 0.364. The minimum atomic E-state index is 0.0593. The zero-order valence-electron chi connectivity index (χ0n) is 15.9. The average molecular weight is 397 g/mol. The van der Waals surface area contributed by atoms with Gasteiger partial charge in [-0.05, 0) is 55.8 Å². The van der Waals surface area contributed by atoms with Gasteiger partial charge in [-0.3, -0.25) is 9.69 Å². The van der Waals surface area contributed by atoms with Crippen molar-refractivity contribution in [2.75, 3.05) is 19.6 Å². The summed E-state index contributed by atoms with van der Waals surface area (Å²) in [6.45, 7) is 3.35. The maximum Gasteiger partial charge on any atom is 0.221 e. The van der Waals surface area contributed by atoms with Crippen LogP contribution in [0, 0.1) is 0 Å². The van der Waals surface area contributed by atoms with E-state index in [-0.39, 0.29) is 11.9 Å². The minimum absolute atomic E-state index is 0.0593. The average Bonchev–Trinajstić information content (AvgIpc) is 3.37. The third-order valence-corrected chi connectivity index (χ3v) is 5.65. The van der Waals surface area contributed by atoms with E-state index in [1.165, 1.54) is 12.8 Å². The van der Waals surface area contributed by atoms with Crippen LogP contribution < -0.4 is 5.32 Å². The molecule has 5 nitrogen and oxygen atoms in total. The molecule has 6 heteroatoms. The van der Waals surface area contributed by atoms with Crippen molar-refractivity contribution in [3.05, 3.63) is 65.4 Å². The Balaban J connectivity index is 1.37. The van der Waals surface area contributed by atoms with Crippen molar-refractivity contribution in [3.63, 3.8) is 0 Å². The minimum Gasteiger partial charge on any atom is -0.354 e. The Morgan fingerprint density at radius 3 is 2.79 bits per heavy atom. The fourth-order valence-corrected chi connectivity index (χ4v) is 4.13. The van der Waals surface area contributed by atoms with Gasteiger partial charge in [0.15, 0.2) is 0 Å². The van der Waals surface area contributed by atoms with E-state index < -0.39 is 0 Å².